The van der Waals surface area contributed by atoms with Crippen molar-refractivity contribution in [3.8, 4) is 5.75 Å². The molecule has 0 N–H and O–H groups in total. The fourth-order valence-electron chi connectivity index (χ4n) is 3.69. The van der Waals surface area contributed by atoms with Crippen LogP contribution in [0.15, 0.2) is 48.5 Å². The van der Waals surface area contributed by atoms with Crippen LogP contribution in [-0.4, -0.2) is 6.29 Å². The third-order valence-electron chi connectivity index (χ3n) is 5.26. The molecule has 2 aromatic rings. The van der Waals surface area contributed by atoms with Crippen LogP contribution in [0.1, 0.15) is 82.1 Å². The van der Waals surface area contributed by atoms with Crippen molar-refractivity contribution in [2.45, 2.75) is 79.1 Å². The van der Waals surface area contributed by atoms with Gasteiger partial charge in [-0.1, -0.05) is 69.7 Å². The van der Waals surface area contributed by atoms with E-state index in [-0.39, 0.29) is 6.29 Å². The number of benzene rings is 2. The van der Waals surface area contributed by atoms with E-state index >= 15 is 0 Å². The Morgan fingerprint density at radius 1 is 0.964 bits per heavy atom. The third kappa shape index (κ3) is 6.24. The summed E-state index contributed by atoms with van der Waals surface area (Å²) in [7, 11) is 0. The Hall–Kier alpha value is -2.06. The van der Waals surface area contributed by atoms with Crippen molar-refractivity contribution in [1.29, 1.82) is 0 Å². The molecule has 2 unspecified atom stereocenters. The van der Waals surface area contributed by atoms with E-state index in [0.29, 0.717) is 12.5 Å². The van der Waals surface area contributed by atoms with Gasteiger partial charge in [-0.05, 0) is 73.4 Å². The molecule has 0 radical (unpaired) electrons. The molecule has 0 aliphatic carbocycles. The van der Waals surface area contributed by atoms with Gasteiger partial charge in [0.2, 0.25) is 0 Å². The first-order valence-corrected chi connectivity index (χ1v) is 10.7. The molecular formula is C26H36O2. The molecule has 0 fully saturated rings. The van der Waals surface area contributed by atoms with E-state index < -0.39 is 0 Å². The third-order valence-corrected chi connectivity index (χ3v) is 5.26. The molecule has 0 aliphatic heterocycles. The minimum atomic E-state index is -0.299. The van der Waals surface area contributed by atoms with E-state index in [1.807, 2.05) is 6.92 Å². The molecule has 2 nitrogen and oxygen atoms in total. The molecule has 0 spiro atoms. The predicted molar refractivity (Wildman–Crippen MR) is 120 cm³/mol. The Morgan fingerprint density at radius 2 is 1.68 bits per heavy atom. The highest BCUT2D eigenvalue weighted by Gasteiger charge is 2.11. The normalized spacial score (nSPS) is 13.6. The van der Waals surface area contributed by atoms with Crippen molar-refractivity contribution in [2.24, 2.45) is 0 Å². The Labute approximate surface area is 171 Å². The summed E-state index contributed by atoms with van der Waals surface area (Å²) >= 11 is 0. The van der Waals surface area contributed by atoms with Crippen LogP contribution in [0.3, 0.4) is 0 Å². The van der Waals surface area contributed by atoms with Crippen LogP contribution < -0.4 is 4.74 Å². The van der Waals surface area contributed by atoms with E-state index in [9.17, 15) is 0 Å². The van der Waals surface area contributed by atoms with Crippen LogP contribution in [0, 0.1) is 0 Å². The molecule has 0 saturated heterocycles. The van der Waals surface area contributed by atoms with Gasteiger partial charge in [0, 0.05) is 0 Å². The summed E-state index contributed by atoms with van der Waals surface area (Å²) in [4.78, 5) is 0. The molecule has 152 valence electrons. The largest absolute Gasteiger partial charge is 0.465 e. The van der Waals surface area contributed by atoms with Gasteiger partial charge in [-0.3, -0.25) is 0 Å². The van der Waals surface area contributed by atoms with Crippen molar-refractivity contribution in [1.82, 2.24) is 0 Å². The van der Waals surface area contributed by atoms with Crippen LogP contribution >= 0.6 is 0 Å². The summed E-state index contributed by atoms with van der Waals surface area (Å²) in [6.07, 6.45) is 8.61. The summed E-state index contributed by atoms with van der Waals surface area (Å²) in [6, 6.07) is 14.9. The minimum Gasteiger partial charge on any atom is -0.465 e. The first kappa shape index (κ1) is 22.2. The van der Waals surface area contributed by atoms with Gasteiger partial charge in [0.25, 0.3) is 0 Å². The first-order chi connectivity index (χ1) is 13.6. The van der Waals surface area contributed by atoms with Crippen LogP contribution in [-0.2, 0) is 17.8 Å². The number of allylic oxidation sites excluding steroid dienone is 1. The van der Waals surface area contributed by atoms with E-state index in [4.69, 9.17) is 9.47 Å². The van der Waals surface area contributed by atoms with Gasteiger partial charge in [-0.25, -0.2) is 0 Å². The van der Waals surface area contributed by atoms with Crippen molar-refractivity contribution < 1.29 is 9.47 Å². The van der Waals surface area contributed by atoms with Gasteiger partial charge >= 0.3 is 0 Å². The lowest BCUT2D eigenvalue weighted by Crippen LogP contribution is -2.16. The zero-order valence-electron chi connectivity index (χ0n) is 18.2. The maximum Gasteiger partial charge on any atom is 0.197 e. The van der Waals surface area contributed by atoms with E-state index in [1.54, 1.807) is 0 Å². The van der Waals surface area contributed by atoms with E-state index in [2.05, 4.69) is 82.3 Å². The Balaban J connectivity index is 1.97. The molecule has 0 bridgehead atoms. The highest BCUT2D eigenvalue weighted by atomic mass is 16.7. The van der Waals surface area contributed by atoms with Gasteiger partial charge in [0.05, 0.1) is 6.61 Å². The SMILES string of the molecule is C/C=C\c1c(CC)cccc1COC(C)Oc1ccc(C(CC)CCC)cc1. The molecule has 0 saturated carbocycles. The molecule has 2 atom stereocenters. The molecular weight excluding hydrogens is 344 g/mol. The number of hydrogen-bond donors (Lipinski definition) is 0. The van der Waals surface area contributed by atoms with E-state index in [0.717, 1.165) is 12.2 Å². The van der Waals surface area contributed by atoms with Gasteiger partial charge < -0.3 is 9.47 Å². The summed E-state index contributed by atoms with van der Waals surface area (Å²) in [6.45, 7) is 11.2. The summed E-state index contributed by atoms with van der Waals surface area (Å²) in [5.74, 6) is 1.50. The lowest BCUT2D eigenvalue weighted by Gasteiger charge is -2.19. The summed E-state index contributed by atoms with van der Waals surface area (Å²) in [5.41, 5.74) is 5.22. The highest BCUT2D eigenvalue weighted by molar-refractivity contribution is 5.57. The predicted octanol–water partition coefficient (Wildman–Crippen LogP) is 7.52. The van der Waals surface area contributed by atoms with Crippen molar-refractivity contribution >= 4 is 6.08 Å². The summed E-state index contributed by atoms with van der Waals surface area (Å²) in [5, 5.41) is 0. The van der Waals surface area contributed by atoms with Crippen molar-refractivity contribution in [3.63, 3.8) is 0 Å². The Morgan fingerprint density at radius 3 is 2.29 bits per heavy atom. The number of rotatable bonds is 11. The molecule has 0 aromatic heterocycles. The topological polar surface area (TPSA) is 18.5 Å². The molecule has 0 heterocycles. The van der Waals surface area contributed by atoms with Crippen LogP contribution in [0.2, 0.25) is 0 Å². The highest BCUT2D eigenvalue weighted by Crippen LogP contribution is 2.27. The second-order valence-corrected chi connectivity index (χ2v) is 7.30. The van der Waals surface area contributed by atoms with Gasteiger partial charge in [-0.15, -0.1) is 0 Å². The molecule has 2 aromatic carbocycles. The Kier molecular flexibility index (Phi) is 9.30. The van der Waals surface area contributed by atoms with Crippen LogP contribution in [0.4, 0.5) is 0 Å². The van der Waals surface area contributed by atoms with Crippen LogP contribution in [0.25, 0.3) is 6.08 Å². The van der Waals surface area contributed by atoms with Gasteiger partial charge in [0.15, 0.2) is 6.29 Å². The first-order valence-electron chi connectivity index (χ1n) is 10.7. The summed E-state index contributed by atoms with van der Waals surface area (Å²) < 4.78 is 12.0. The Bertz CT molecular complexity index is 731. The average Bonchev–Trinajstić information content (AvgIpc) is 2.72. The number of hydrogen-bond acceptors (Lipinski definition) is 2. The lowest BCUT2D eigenvalue weighted by atomic mass is 9.92. The zero-order valence-corrected chi connectivity index (χ0v) is 18.2. The van der Waals surface area contributed by atoms with Gasteiger partial charge in [-0.2, -0.15) is 0 Å². The fraction of sp³-hybridized carbons (Fsp3) is 0.462. The maximum absolute atomic E-state index is 6.00. The van der Waals surface area contributed by atoms with Crippen molar-refractivity contribution in [2.75, 3.05) is 0 Å². The number of aryl methyl sites for hydroxylation is 1. The number of ether oxygens (including phenoxy) is 2. The fourth-order valence-corrected chi connectivity index (χ4v) is 3.69. The molecule has 2 heteroatoms. The average molecular weight is 381 g/mol. The zero-order chi connectivity index (χ0) is 20.4. The van der Waals surface area contributed by atoms with Crippen molar-refractivity contribution in [3.05, 3.63) is 70.8 Å². The second kappa shape index (κ2) is 11.7. The van der Waals surface area contributed by atoms with E-state index in [1.165, 1.54) is 41.5 Å². The van der Waals surface area contributed by atoms with Gasteiger partial charge in [0.1, 0.15) is 5.75 Å². The smallest absolute Gasteiger partial charge is 0.197 e. The monoisotopic (exact) mass is 380 g/mol. The molecule has 0 amide bonds. The molecule has 2 rings (SSSR count). The maximum atomic E-state index is 6.00. The molecule has 28 heavy (non-hydrogen) atoms. The second-order valence-electron chi connectivity index (χ2n) is 7.30. The molecule has 0 aliphatic rings. The minimum absolute atomic E-state index is 0.299. The lowest BCUT2D eigenvalue weighted by molar-refractivity contribution is -0.0759. The quantitative estimate of drug-likeness (QED) is 0.375. The standard InChI is InChI=1S/C26H36O2/c1-6-11-21(8-3)23-15-17-25(18-16-23)28-20(5)27-19-24-14-10-13-22(9-4)26(24)12-7-2/h7,10,12-18,20-21H,6,8-9,11,19H2,1-5H3/b12-7-. The van der Waals surface area contributed by atoms with Crippen LogP contribution in [0.5, 0.6) is 5.75 Å².